The van der Waals surface area contributed by atoms with Crippen molar-refractivity contribution < 1.29 is 17.9 Å². The smallest absolute Gasteiger partial charge is 0.250 e. The number of nitrogens with one attached hydrogen (secondary N) is 1. The predicted molar refractivity (Wildman–Crippen MR) is 73.9 cm³/mol. The molecule has 0 saturated carbocycles. The molecule has 1 amide bonds. The van der Waals surface area contributed by atoms with Crippen LogP contribution in [-0.2, 0) is 19.4 Å². The Morgan fingerprint density at radius 3 is 2.37 bits per heavy atom. The minimum absolute atomic E-state index is 0.0964. The van der Waals surface area contributed by atoms with Gasteiger partial charge in [0.15, 0.2) is 9.84 Å². The van der Waals surface area contributed by atoms with Crippen molar-refractivity contribution in [3.8, 4) is 0 Å². The van der Waals surface area contributed by atoms with Crippen LogP contribution in [0.1, 0.15) is 20.8 Å². The van der Waals surface area contributed by atoms with Gasteiger partial charge < -0.3 is 10.1 Å². The quantitative estimate of drug-likeness (QED) is 0.916. The number of para-hydroxylation sites is 1. The summed E-state index contributed by atoms with van der Waals surface area (Å²) in [6.07, 6.45) is 1.10. The molecule has 0 aliphatic rings. The third-order valence-electron chi connectivity index (χ3n) is 2.20. The number of carbonyl (C=O) groups excluding carboxylic acids is 1. The van der Waals surface area contributed by atoms with E-state index in [2.05, 4.69) is 5.32 Å². The first-order valence-electron chi connectivity index (χ1n) is 5.82. The average Bonchev–Trinajstić information content (AvgIpc) is 2.25. The number of rotatable bonds is 4. The molecular formula is C13H19NO4S. The van der Waals surface area contributed by atoms with Gasteiger partial charge in [-0.05, 0) is 32.9 Å². The maximum atomic E-state index is 11.7. The highest BCUT2D eigenvalue weighted by Gasteiger charge is 2.16. The molecule has 0 spiro atoms. The van der Waals surface area contributed by atoms with Crippen LogP contribution in [0.2, 0.25) is 0 Å². The van der Waals surface area contributed by atoms with E-state index in [0.717, 1.165) is 6.26 Å². The molecule has 0 bridgehead atoms. The van der Waals surface area contributed by atoms with Crippen LogP contribution in [0.4, 0.5) is 5.69 Å². The molecule has 0 radical (unpaired) electrons. The van der Waals surface area contributed by atoms with E-state index < -0.39 is 15.4 Å². The minimum atomic E-state index is -3.38. The van der Waals surface area contributed by atoms with E-state index in [1.165, 1.54) is 6.07 Å². The van der Waals surface area contributed by atoms with Crippen molar-refractivity contribution >= 4 is 21.4 Å². The second kappa shape index (κ2) is 5.71. The van der Waals surface area contributed by atoms with Crippen molar-refractivity contribution in [1.82, 2.24) is 0 Å². The van der Waals surface area contributed by atoms with Gasteiger partial charge in [0.05, 0.1) is 16.2 Å². The Balaban J connectivity index is 2.81. The second-order valence-electron chi connectivity index (χ2n) is 5.22. The van der Waals surface area contributed by atoms with Crippen molar-refractivity contribution in [3.63, 3.8) is 0 Å². The van der Waals surface area contributed by atoms with E-state index >= 15 is 0 Å². The molecular weight excluding hydrogens is 266 g/mol. The summed E-state index contributed by atoms with van der Waals surface area (Å²) in [5.74, 6) is -0.383. The van der Waals surface area contributed by atoms with E-state index in [4.69, 9.17) is 4.74 Å². The normalized spacial score (nSPS) is 12.2. The van der Waals surface area contributed by atoms with E-state index in [9.17, 15) is 13.2 Å². The van der Waals surface area contributed by atoms with Crippen LogP contribution >= 0.6 is 0 Å². The number of anilines is 1. The van der Waals surface area contributed by atoms with Crippen molar-refractivity contribution in [2.75, 3.05) is 18.2 Å². The fourth-order valence-electron chi connectivity index (χ4n) is 1.36. The molecule has 1 aromatic rings. The molecule has 0 fully saturated rings. The predicted octanol–water partition coefficient (Wildman–Crippen LogP) is 1.84. The van der Waals surface area contributed by atoms with Crippen LogP contribution in [0.25, 0.3) is 0 Å². The molecule has 106 valence electrons. The summed E-state index contributed by atoms with van der Waals surface area (Å²) < 4.78 is 28.5. The SMILES string of the molecule is CC(C)(C)OCC(=O)Nc1ccccc1S(C)(=O)=O. The van der Waals surface area contributed by atoms with Gasteiger partial charge >= 0.3 is 0 Å². The summed E-state index contributed by atoms with van der Waals surface area (Å²) >= 11 is 0. The lowest BCUT2D eigenvalue weighted by Gasteiger charge is -2.19. The lowest BCUT2D eigenvalue weighted by molar-refractivity contribution is -0.125. The zero-order valence-corrected chi connectivity index (χ0v) is 12.4. The maximum absolute atomic E-state index is 11.7. The summed E-state index contributed by atoms with van der Waals surface area (Å²) in [4.78, 5) is 11.8. The lowest BCUT2D eigenvalue weighted by atomic mass is 10.2. The highest BCUT2D eigenvalue weighted by molar-refractivity contribution is 7.90. The van der Waals surface area contributed by atoms with Gasteiger partial charge in [0, 0.05) is 6.26 Å². The summed E-state index contributed by atoms with van der Waals surface area (Å²) in [6, 6.07) is 6.27. The van der Waals surface area contributed by atoms with Gasteiger partial charge in [-0.2, -0.15) is 0 Å². The Morgan fingerprint density at radius 2 is 1.84 bits per heavy atom. The number of ether oxygens (including phenoxy) is 1. The largest absolute Gasteiger partial charge is 0.366 e. The van der Waals surface area contributed by atoms with Crippen LogP contribution in [-0.4, -0.2) is 32.8 Å². The standard InChI is InChI=1S/C13H19NO4S/c1-13(2,3)18-9-12(15)14-10-7-5-6-8-11(10)19(4,16)17/h5-8H,9H2,1-4H3,(H,14,15). The highest BCUT2D eigenvalue weighted by atomic mass is 32.2. The molecule has 0 atom stereocenters. The van der Waals surface area contributed by atoms with Crippen LogP contribution in [0, 0.1) is 0 Å². The molecule has 19 heavy (non-hydrogen) atoms. The fourth-order valence-corrected chi connectivity index (χ4v) is 2.21. The number of carbonyl (C=O) groups is 1. The van der Waals surface area contributed by atoms with E-state index in [1.807, 2.05) is 20.8 Å². The van der Waals surface area contributed by atoms with E-state index in [1.54, 1.807) is 18.2 Å². The fraction of sp³-hybridized carbons (Fsp3) is 0.462. The van der Waals surface area contributed by atoms with Crippen molar-refractivity contribution in [2.45, 2.75) is 31.3 Å². The molecule has 1 N–H and O–H groups in total. The number of hydrogen-bond acceptors (Lipinski definition) is 4. The van der Waals surface area contributed by atoms with Crippen molar-refractivity contribution in [3.05, 3.63) is 24.3 Å². The Kier molecular flexibility index (Phi) is 4.70. The maximum Gasteiger partial charge on any atom is 0.250 e. The summed E-state index contributed by atoms with van der Waals surface area (Å²) in [5, 5.41) is 2.55. The molecule has 0 aromatic heterocycles. The Bertz CT molecular complexity index is 558. The first-order valence-corrected chi connectivity index (χ1v) is 7.71. The van der Waals surface area contributed by atoms with Crippen molar-refractivity contribution in [2.24, 2.45) is 0 Å². The Morgan fingerprint density at radius 1 is 1.26 bits per heavy atom. The monoisotopic (exact) mass is 285 g/mol. The topological polar surface area (TPSA) is 72.5 Å². The first-order chi connectivity index (χ1) is 8.59. The number of amides is 1. The van der Waals surface area contributed by atoms with Gasteiger partial charge in [0.1, 0.15) is 6.61 Å². The second-order valence-corrected chi connectivity index (χ2v) is 7.20. The Labute approximate surface area is 113 Å². The zero-order chi connectivity index (χ0) is 14.7. The molecule has 0 aliphatic carbocycles. The first kappa shape index (κ1) is 15.7. The third kappa shape index (κ3) is 5.40. The summed E-state index contributed by atoms with van der Waals surface area (Å²) in [6.45, 7) is 5.39. The number of hydrogen-bond donors (Lipinski definition) is 1. The Hall–Kier alpha value is -1.40. The highest BCUT2D eigenvalue weighted by Crippen LogP contribution is 2.20. The third-order valence-corrected chi connectivity index (χ3v) is 3.35. The van der Waals surface area contributed by atoms with Crippen LogP contribution < -0.4 is 5.32 Å². The molecule has 5 nitrogen and oxygen atoms in total. The van der Waals surface area contributed by atoms with Gasteiger partial charge in [-0.1, -0.05) is 12.1 Å². The lowest BCUT2D eigenvalue weighted by Crippen LogP contribution is -2.27. The van der Waals surface area contributed by atoms with Gasteiger partial charge in [-0.3, -0.25) is 4.79 Å². The average molecular weight is 285 g/mol. The molecule has 0 unspecified atom stereocenters. The zero-order valence-electron chi connectivity index (χ0n) is 11.6. The van der Waals surface area contributed by atoms with Crippen LogP contribution in [0.3, 0.4) is 0 Å². The van der Waals surface area contributed by atoms with Gasteiger partial charge in [0.25, 0.3) is 0 Å². The molecule has 0 saturated heterocycles. The minimum Gasteiger partial charge on any atom is -0.366 e. The molecule has 1 rings (SSSR count). The number of benzene rings is 1. The molecule has 1 aromatic carbocycles. The molecule has 6 heteroatoms. The van der Waals surface area contributed by atoms with Crippen LogP contribution in [0.15, 0.2) is 29.2 Å². The van der Waals surface area contributed by atoms with E-state index in [-0.39, 0.29) is 23.1 Å². The summed E-state index contributed by atoms with van der Waals surface area (Å²) in [7, 11) is -3.38. The molecule has 0 heterocycles. The van der Waals surface area contributed by atoms with Gasteiger partial charge in [-0.25, -0.2) is 8.42 Å². The number of sulfone groups is 1. The van der Waals surface area contributed by atoms with Crippen molar-refractivity contribution in [1.29, 1.82) is 0 Å². The molecule has 0 aliphatic heterocycles. The van der Waals surface area contributed by atoms with Crippen LogP contribution in [0.5, 0.6) is 0 Å². The van der Waals surface area contributed by atoms with Gasteiger partial charge in [0.2, 0.25) is 5.91 Å². The van der Waals surface area contributed by atoms with Gasteiger partial charge in [-0.15, -0.1) is 0 Å². The summed E-state index contributed by atoms with van der Waals surface area (Å²) in [5.41, 5.74) is -0.152. The van der Waals surface area contributed by atoms with E-state index in [0.29, 0.717) is 0 Å².